The Morgan fingerprint density at radius 2 is 1.78 bits per heavy atom. The molecule has 3 atom stereocenters. The SMILES string of the molecule is Cc1cc(-c2cc(C(=O)N3[C@@H]4CC[C@H]3CC(C(=O)NC3CCC(O)(C(F)(F)F)CC3)C4)n[nH]2)ncn1. The average molecular weight is 507 g/mol. The van der Waals surface area contributed by atoms with Crippen LogP contribution in [0.4, 0.5) is 13.2 Å². The fourth-order valence-electron chi connectivity index (χ4n) is 5.86. The molecule has 36 heavy (non-hydrogen) atoms. The summed E-state index contributed by atoms with van der Waals surface area (Å²) in [5, 5.41) is 19.8. The van der Waals surface area contributed by atoms with Crippen LogP contribution in [-0.2, 0) is 4.79 Å². The first-order valence-corrected chi connectivity index (χ1v) is 12.3. The first kappa shape index (κ1) is 24.7. The number of carbonyl (C=O) groups is 2. The van der Waals surface area contributed by atoms with Gasteiger partial charge in [-0.3, -0.25) is 14.7 Å². The van der Waals surface area contributed by atoms with Crippen molar-refractivity contribution in [1.82, 2.24) is 30.4 Å². The summed E-state index contributed by atoms with van der Waals surface area (Å²) in [5.41, 5.74) is -0.318. The van der Waals surface area contributed by atoms with Crippen LogP contribution in [0.3, 0.4) is 0 Å². The number of aromatic nitrogens is 4. The zero-order chi connectivity index (χ0) is 25.7. The molecule has 3 fully saturated rings. The van der Waals surface area contributed by atoms with Gasteiger partial charge in [-0.25, -0.2) is 9.97 Å². The molecule has 3 N–H and O–H groups in total. The largest absolute Gasteiger partial charge is 0.417 e. The van der Waals surface area contributed by atoms with Crippen molar-refractivity contribution in [3.63, 3.8) is 0 Å². The molecule has 12 heteroatoms. The van der Waals surface area contributed by atoms with Crippen LogP contribution in [-0.4, -0.2) is 71.9 Å². The quantitative estimate of drug-likeness (QED) is 0.586. The minimum Gasteiger partial charge on any atom is -0.380 e. The number of carbonyl (C=O) groups excluding carboxylic acids is 2. The molecule has 2 bridgehead atoms. The predicted octanol–water partition coefficient (Wildman–Crippen LogP) is 2.91. The number of halogens is 3. The van der Waals surface area contributed by atoms with Gasteiger partial charge >= 0.3 is 6.18 Å². The van der Waals surface area contributed by atoms with Gasteiger partial charge < -0.3 is 15.3 Å². The molecule has 9 nitrogen and oxygen atoms in total. The molecule has 194 valence electrons. The van der Waals surface area contributed by atoms with Gasteiger partial charge in [-0.05, 0) is 70.4 Å². The van der Waals surface area contributed by atoms with E-state index in [1.807, 2.05) is 11.8 Å². The lowest BCUT2D eigenvalue weighted by Crippen LogP contribution is -2.53. The Morgan fingerprint density at radius 3 is 2.39 bits per heavy atom. The van der Waals surface area contributed by atoms with Crippen molar-refractivity contribution >= 4 is 11.8 Å². The summed E-state index contributed by atoms with van der Waals surface area (Å²) in [6.07, 6.45) is -1.27. The van der Waals surface area contributed by atoms with Crippen LogP contribution in [0.15, 0.2) is 18.5 Å². The number of hydrogen-bond acceptors (Lipinski definition) is 6. The van der Waals surface area contributed by atoms with Crippen molar-refractivity contribution in [1.29, 1.82) is 0 Å². The minimum absolute atomic E-state index is 0.0826. The highest BCUT2D eigenvalue weighted by Crippen LogP contribution is 2.42. The topological polar surface area (TPSA) is 124 Å². The van der Waals surface area contributed by atoms with Crippen LogP contribution in [0.1, 0.15) is 67.5 Å². The van der Waals surface area contributed by atoms with E-state index >= 15 is 0 Å². The second-order valence-electron chi connectivity index (χ2n) is 10.3. The first-order valence-electron chi connectivity index (χ1n) is 12.3. The summed E-state index contributed by atoms with van der Waals surface area (Å²) >= 11 is 0. The number of nitrogens with one attached hydrogen (secondary N) is 2. The number of nitrogens with zero attached hydrogens (tertiary/aromatic N) is 4. The highest BCUT2D eigenvalue weighted by atomic mass is 19.4. The number of aliphatic hydroxyl groups is 1. The lowest BCUT2D eigenvalue weighted by molar-refractivity contribution is -0.270. The van der Waals surface area contributed by atoms with E-state index in [2.05, 4.69) is 25.5 Å². The van der Waals surface area contributed by atoms with Gasteiger partial charge in [0.1, 0.15) is 6.33 Å². The van der Waals surface area contributed by atoms with E-state index in [1.54, 1.807) is 12.1 Å². The number of H-pyrrole nitrogens is 1. The number of aryl methyl sites for hydroxylation is 1. The van der Waals surface area contributed by atoms with Crippen LogP contribution in [0, 0.1) is 12.8 Å². The van der Waals surface area contributed by atoms with Crippen molar-refractivity contribution < 1.29 is 27.9 Å². The predicted molar refractivity (Wildman–Crippen MR) is 121 cm³/mol. The lowest BCUT2D eigenvalue weighted by atomic mass is 9.81. The van der Waals surface area contributed by atoms with Crippen molar-refractivity contribution in [3.05, 3.63) is 29.8 Å². The molecule has 2 amide bonds. The maximum absolute atomic E-state index is 13.3. The molecule has 2 saturated heterocycles. The second-order valence-corrected chi connectivity index (χ2v) is 10.3. The third-order valence-electron chi connectivity index (χ3n) is 7.90. The molecule has 1 saturated carbocycles. The van der Waals surface area contributed by atoms with E-state index in [1.165, 1.54) is 6.33 Å². The maximum Gasteiger partial charge on any atom is 0.417 e. The zero-order valence-electron chi connectivity index (χ0n) is 19.9. The number of fused-ring (bicyclic) bond motifs is 2. The highest BCUT2D eigenvalue weighted by molar-refractivity contribution is 5.94. The zero-order valence-corrected chi connectivity index (χ0v) is 19.9. The molecule has 2 aliphatic heterocycles. The van der Waals surface area contributed by atoms with Gasteiger partial charge in [-0.1, -0.05) is 0 Å². The Bertz CT molecular complexity index is 1130. The smallest absolute Gasteiger partial charge is 0.380 e. The molecule has 0 radical (unpaired) electrons. The molecule has 5 rings (SSSR count). The number of rotatable bonds is 4. The van der Waals surface area contributed by atoms with E-state index in [-0.39, 0.29) is 48.7 Å². The summed E-state index contributed by atoms with van der Waals surface area (Å²) in [4.78, 5) is 36.4. The molecule has 1 aliphatic carbocycles. The third-order valence-corrected chi connectivity index (χ3v) is 7.90. The Hall–Kier alpha value is -3.02. The molecule has 0 spiro atoms. The number of piperidine rings is 1. The van der Waals surface area contributed by atoms with Gasteiger partial charge in [0.2, 0.25) is 5.91 Å². The van der Waals surface area contributed by atoms with E-state index in [4.69, 9.17) is 0 Å². The number of aromatic amines is 1. The highest BCUT2D eigenvalue weighted by Gasteiger charge is 2.55. The monoisotopic (exact) mass is 506 g/mol. The molecular formula is C24H29F3N6O3. The van der Waals surface area contributed by atoms with Crippen LogP contribution in [0.5, 0.6) is 0 Å². The fourth-order valence-corrected chi connectivity index (χ4v) is 5.86. The van der Waals surface area contributed by atoms with Gasteiger partial charge in [-0.2, -0.15) is 18.3 Å². The summed E-state index contributed by atoms with van der Waals surface area (Å²) < 4.78 is 39.1. The Labute approximate surface area is 205 Å². The van der Waals surface area contributed by atoms with Crippen LogP contribution in [0.2, 0.25) is 0 Å². The second kappa shape index (κ2) is 9.13. The Kier molecular flexibility index (Phi) is 6.26. The number of amides is 2. The van der Waals surface area contributed by atoms with Crippen LogP contribution < -0.4 is 5.32 Å². The van der Waals surface area contributed by atoms with E-state index in [0.29, 0.717) is 29.9 Å². The van der Waals surface area contributed by atoms with Crippen molar-refractivity contribution in [3.8, 4) is 11.4 Å². The lowest BCUT2D eigenvalue weighted by Gasteiger charge is -2.40. The summed E-state index contributed by atoms with van der Waals surface area (Å²) in [6, 6.07) is 2.91. The molecule has 0 aromatic carbocycles. The van der Waals surface area contributed by atoms with Gasteiger partial charge in [-0.15, -0.1) is 0 Å². The molecule has 1 unspecified atom stereocenters. The standard InChI is InChI=1S/C24H29F3N6O3/c1-13-8-18(29-12-28-13)19-11-20(32-31-19)22(35)33-16-2-3-17(33)10-14(9-16)21(34)30-15-4-6-23(36,7-5-15)24(25,26)27/h8,11-12,14-17,36H,2-7,9-10H2,1H3,(H,30,34)(H,31,32)/t14?,15?,16-,17+,23?. The van der Waals surface area contributed by atoms with Crippen molar-refractivity contribution in [2.24, 2.45) is 5.92 Å². The number of alkyl halides is 3. The molecule has 3 aliphatic rings. The number of hydrogen-bond donors (Lipinski definition) is 3. The summed E-state index contributed by atoms with van der Waals surface area (Å²) in [5.74, 6) is -0.662. The van der Waals surface area contributed by atoms with Crippen molar-refractivity contribution in [2.45, 2.75) is 88.2 Å². The molecular weight excluding hydrogens is 477 g/mol. The van der Waals surface area contributed by atoms with E-state index in [0.717, 1.165) is 18.5 Å². The van der Waals surface area contributed by atoms with Gasteiger partial charge in [0.15, 0.2) is 11.3 Å². The van der Waals surface area contributed by atoms with Crippen LogP contribution in [0.25, 0.3) is 11.4 Å². The van der Waals surface area contributed by atoms with Gasteiger partial charge in [0.05, 0.1) is 11.4 Å². The van der Waals surface area contributed by atoms with Gasteiger partial charge in [0, 0.05) is 29.7 Å². The summed E-state index contributed by atoms with van der Waals surface area (Å²) in [7, 11) is 0. The minimum atomic E-state index is -4.66. The summed E-state index contributed by atoms with van der Waals surface area (Å²) in [6.45, 7) is 1.85. The first-order chi connectivity index (χ1) is 17.0. The van der Waals surface area contributed by atoms with Gasteiger partial charge in [0.25, 0.3) is 5.91 Å². The Balaban J connectivity index is 1.19. The van der Waals surface area contributed by atoms with E-state index < -0.39 is 24.6 Å². The molecule has 2 aromatic heterocycles. The third kappa shape index (κ3) is 4.58. The maximum atomic E-state index is 13.3. The normalized spacial score (nSPS) is 30.3. The average Bonchev–Trinajstić information content (AvgIpc) is 3.42. The van der Waals surface area contributed by atoms with Crippen LogP contribution >= 0.6 is 0 Å². The fraction of sp³-hybridized carbons (Fsp3) is 0.625. The Morgan fingerprint density at radius 1 is 1.11 bits per heavy atom. The molecule has 2 aromatic rings. The van der Waals surface area contributed by atoms with E-state index in [9.17, 15) is 27.9 Å². The molecule has 4 heterocycles. The van der Waals surface area contributed by atoms with Crippen molar-refractivity contribution in [2.75, 3.05) is 0 Å².